The maximum Gasteiger partial charge on any atom is 0.0939 e. The minimum atomic E-state index is 0.577. The van der Waals surface area contributed by atoms with E-state index in [0.717, 1.165) is 0 Å². The van der Waals surface area contributed by atoms with Gasteiger partial charge < -0.3 is 9.80 Å². The topological polar surface area (TPSA) is 9.72 Å². The maximum absolute atomic E-state index is 2.66. The van der Waals surface area contributed by atoms with E-state index in [9.17, 15) is 0 Å². The molecule has 18 heavy (non-hydrogen) atoms. The van der Waals surface area contributed by atoms with Crippen molar-refractivity contribution >= 4 is 0 Å². The molecule has 3 heteroatoms. The summed E-state index contributed by atoms with van der Waals surface area (Å²) in [4.78, 5) is 7.23. The third-order valence-corrected chi connectivity index (χ3v) is 3.62. The van der Waals surface area contributed by atoms with Gasteiger partial charge in [0.05, 0.1) is 17.4 Å². The van der Waals surface area contributed by atoms with E-state index >= 15 is 0 Å². The Kier molecular flexibility index (Phi) is 6.00. The molecule has 0 radical (unpaired) electrons. The van der Waals surface area contributed by atoms with Crippen molar-refractivity contribution in [3.05, 3.63) is 11.4 Å². The van der Waals surface area contributed by atoms with E-state index in [4.69, 9.17) is 0 Å². The summed E-state index contributed by atoms with van der Waals surface area (Å²) < 4.78 is 0. The molecule has 0 N–H and O–H groups in total. The van der Waals surface area contributed by atoms with Crippen molar-refractivity contribution in [3.63, 3.8) is 0 Å². The lowest BCUT2D eigenvalue weighted by Crippen LogP contribution is -2.34. The third-order valence-electron chi connectivity index (χ3n) is 3.62. The highest BCUT2D eigenvalue weighted by molar-refractivity contribution is 5.43. The van der Waals surface area contributed by atoms with Crippen molar-refractivity contribution in [2.45, 2.75) is 45.6 Å². The lowest BCUT2D eigenvalue weighted by molar-refractivity contribution is 0.239. The predicted octanol–water partition coefficient (Wildman–Crippen LogP) is 2.61. The molecule has 0 bridgehead atoms. The van der Waals surface area contributed by atoms with Crippen molar-refractivity contribution in [1.82, 2.24) is 14.7 Å². The zero-order chi connectivity index (χ0) is 13.7. The molecule has 0 atom stereocenters. The average Bonchev–Trinajstić information content (AvgIpc) is 3.04. The van der Waals surface area contributed by atoms with Crippen LogP contribution >= 0.6 is 0 Å². The molecule has 0 unspecified atom stereocenters. The summed E-state index contributed by atoms with van der Waals surface area (Å²) in [6.45, 7) is 7.02. The van der Waals surface area contributed by atoms with Crippen molar-refractivity contribution in [1.29, 1.82) is 0 Å². The fraction of sp³-hybridized carbons (Fsp3) is 0.867. The first-order valence-electron chi connectivity index (χ1n) is 7.37. The fourth-order valence-corrected chi connectivity index (χ4v) is 2.57. The zero-order valence-corrected chi connectivity index (χ0v) is 13.2. The van der Waals surface area contributed by atoms with E-state index in [1.807, 2.05) is 0 Å². The van der Waals surface area contributed by atoms with Crippen LogP contribution in [-0.2, 0) is 0 Å². The van der Waals surface area contributed by atoms with Gasteiger partial charge in [-0.05, 0) is 25.9 Å². The van der Waals surface area contributed by atoms with Crippen molar-refractivity contribution in [3.8, 4) is 0 Å². The Morgan fingerprint density at radius 2 is 1.17 bits per heavy atom. The molecule has 0 aromatic carbocycles. The summed E-state index contributed by atoms with van der Waals surface area (Å²) in [5.41, 5.74) is 3.01. The van der Waals surface area contributed by atoms with Gasteiger partial charge in [-0.3, -0.25) is 4.90 Å². The first kappa shape index (κ1) is 15.4. The molecule has 3 nitrogen and oxygen atoms in total. The summed E-state index contributed by atoms with van der Waals surface area (Å²) in [6.07, 6.45) is 5.18. The van der Waals surface area contributed by atoms with Gasteiger partial charge in [-0.1, -0.05) is 26.7 Å². The molecule has 0 spiro atoms. The number of hydrogen-bond acceptors (Lipinski definition) is 3. The second kappa shape index (κ2) is 7.03. The summed E-state index contributed by atoms with van der Waals surface area (Å²) in [7, 11) is 8.65. The van der Waals surface area contributed by atoms with Gasteiger partial charge in [0.2, 0.25) is 0 Å². The number of rotatable bonds is 9. The molecule has 1 aliphatic rings. The first-order chi connectivity index (χ1) is 8.54. The van der Waals surface area contributed by atoms with E-state index in [-0.39, 0.29) is 0 Å². The standard InChI is InChI=1S/C15H31N3/c1-7-9-11-18(12-10-8-2)15-13(16(3)4)14(15)17(5)6/h15H,7-12H2,1-6H3. The van der Waals surface area contributed by atoms with Crippen molar-refractivity contribution in [2.24, 2.45) is 0 Å². The summed E-state index contributed by atoms with van der Waals surface area (Å²) in [6, 6.07) is 0.577. The Labute approximate surface area is 113 Å². The quantitative estimate of drug-likeness (QED) is 0.625. The van der Waals surface area contributed by atoms with Gasteiger partial charge in [-0.25, -0.2) is 0 Å². The van der Waals surface area contributed by atoms with Gasteiger partial charge in [-0.2, -0.15) is 0 Å². The van der Waals surface area contributed by atoms with Gasteiger partial charge in [-0.15, -0.1) is 0 Å². The van der Waals surface area contributed by atoms with Crippen molar-refractivity contribution in [2.75, 3.05) is 41.3 Å². The van der Waals surface area contributed by atoms with E-state index < -0.39 is 0 Å². The van der Waals surface area contributed by atoms with Crippen LogP contribution in [0.15, 0.2) is 11.4 Å². The van der Waals surface area contributed by atoms with Crippen LogP contribution in [0, 0.1) is 0 Å². The molecule has 0 heterocycles. The highest BCUT2D eigenvalue weighted by Crippen LogP contribution is 2.39. The molecule has 0 aromatic rings. The lowest BCUT2D eigenvalue weighted by Gasteiger charge is -2.25. The van der Waals surface area contributed by atoms with Gasteiger partial charge in [0.15, 0.2) is 0 Å². The van der Waals surface area contributed by atoms with Gasteiger partial charge >= 0.3 is 0 Å². The van der Waals surface area contributed by atoms with E-state index in [1.54, 1.807) is 0 Å². The van der Waals surface area contributed by atoms with Crippen LogP contribution in [0.3, 0.4) is 0 Å². The van der Waals surface area contributed by atoms with Gasteiger partial charge in [0.25, 0.3) is 0 Å². The SMILES string of the molecule is CCCCN(CCCC)C1C(N(C)C)=C1N(C)C. The molecular formula is C15H31N3. The Morgan fingerprint density at radius 3 is 1.44 bits per heavy atom. The maximum atomic E-state index is 2.66. The lowest BCUT2D eigenvalue weighted by atomic mass is 10.2. The third kappa shape index (κ3) is 3.64. The number of unbranched alkanes of at least 4 members (excludes halogenated alkanes) is 2. The van der Waals surface area contributed by atoms with Crippen molar-refractivity contribution < 1.29 is 0 Å². The molecule has 0 fully saturated rings. The summed E-state index contributed by atoms with van der Waals surface area (Å²) in [5.74, 6) is 0. The molecule has 1 rings (SSSR count). The number of likely N-dealkylation sites (N-methyl/N-ethyl adjacent to an activating group) is 2. The van der Waals surface area contributed by atoms with E-state index in [1.165, 1.54) is 50.2 Å². The molecule has 106 valence electrons. The molecule has 0 aromatic heterocycles. The normalized spacial score (nSPS) is 15.5. The minimum Gasteiger partial charge on any atom is -0.378 e. The molecule has 0 aliphatic heterocycles. The molecule has 0 saturated heterocycles. The van der Waals surface area contributed by atoms with Crippen LogP contribution < -0.4 is 0 Å². The molecule has 0 amide bonds. The molecule has 1 aliphatic carbocycles. The zero-order valence-electron chi connectivity index (χ0n) is 13.2. The van der Waals surface area contributed by atoms with Crippen LogP contribution in [0.2, 0.25) is 0 Å². The molecular weight excluding hydrogens is 222 g/mol. The number of nitrogens with zero attached hydrogens (tertiary/aromatic N) is 3. The first-order valence-corrected chi connectivity index (χ1v) is 7.37. The highest BCUT2D eigenvalue weighted by Gasteiger charge is 2.43. The molecule has 0 saturated carbocycles. The van der Waals surface area contributed by atoms with Crippen LogP contribution in [0.4, 0.5) is 0 Å². The Morgan fingerprint density at radius 1 is 0.778 bits per heavy atom. The predicted molar refractivity (Wildman–Crippen MR) is 79.6 cm³/mol. The Bertz CT molecular complexity index is 255. The fourth-order valence-electron chi connectivity index (χ4n) is 2.57. The van der Waals surface area contributed by atoms with Crippen LogP contribution in [0.25, 0.3) is 0 Å². The Balaban J connectivity index is 2.63. The van der Waals surface area contributed by atoms with Gasteiger partial charge in [0.1, 0.15) is 0 Å². The second-order valence-electron chi connectivity index (χ2n) is 5.70. The minimum absolute atomic E-state index is 0.577. The Hall–Kier alpha value is -0.700. The smallest absolute Gasteiger partial charge is 0.0939 e. The van der Waals surface area contributed by atoms with Crippen LogP contribution in [0.5, 0.6) is 0 Å². The van der Waals surface area contributed by atoms with Gasteiger partial charge in [0, 0.05) is 28.2 Å². The van der Waals surface area contributed by atoms with Crippen LogP contribution in [-0.4, -0.2) is 62.0 Å². The highest BCUT2D eigenvalue weighted by atomic mass is 15.3. The van der Waals surface area contributed by atoms with Crippen LogP contribution in [0.1, 0.15) is 39.5 Å². The van der Waals surface area contributed by atoms with E-state index in [0.29, 0.717) is 6.04 Å². The largest absolute Gasteiger partial charge is 0.378 e. The second-order valence-corrected chi connectivity index (χ2v) is 5.70. The summed E-state index contributed by atoms with van der Waals surface area (Å²) >= 11 is 0. The summed E-state index contributed by atoms with van der Waals surface area (Å²) in [5, 5.41) is 0. The number of hydrogen-bond donors (Lipinski definition) is 0. The van der Waals surface area contributed by atoms with E-state index in [2.05, 4.69) is 56.7 Å². The monoisotopic (exact) mass is 253 g/mol. The average molecular weight is 253 g/mol.